The van der Waals surface area contributed by atoms with Gasteiger partial charge >= 0.3 is 0 Å². The maximum atomic E-state index is 13.9. The minimum absolute atomic E-state index is 0.0622. The number of carbonyl (C=O) groups is 1. The molecule has 5 aromatic rings. The van der Waals surface area contributed by atoms with E-state index in [1.165, 1.54) is 12.1 Å². The van der Waals surface area contributed by atoms with Crippen LogP contribution in [0, 0.1) is 6.92 Å². The molecule has 5 atom stereocenters. The molecule has 0 bridgehead atoms. The van der Waals surface area contributed by atoms with Gasteiger partial charge in [-0.2, -0.15) is 4.72 Å². The lowest BCUT2D eigenvalue weighted by Gasteiger charge is -2.38. The van der Waals surface area contributed by atoms with Gasteiger partial charge in [0.25, 0.3) is 0 Å². The number of aromatic hydroxyl groups is 1. The topological polar surface area (TPSA) is 158 Å². The van der Waals surface area contributed by atoms with Crippen LogP contribution >= 0.6 is 0 Å². The molecule has 55 heavy (non-hydrogen) atoms. The van der Waals surface area contributed by atoms with Crippen LogP contribution in [0.1, 0.15) is 58.3 Å². The Bertz CT molecular complexity index is 2130. The SMILES string of the molecule is Cc1ccc(S(=O)(=O)N[C@H](Cc2ccccc2)C(=O)Nc2cccc([C@@H]3O[C@H](CN(C)C[C@@H](O)c4cccc(O)c4)C[C@H](c4ccc(CO)cc4)O3)c2)cc1. The van der Waals surface area contributed by atoms with E-state index >= 15 is 0 Å². The zero-order valence-corrected chi connectivity index (χ0v) is 31.6. The third kappa shape index (κ3) is 10.9. The van der Waals surface area contributed by atoms with Gasteiger partial charge in [0.1, 0.15) is 11.8 Å². The van der Waals surface area contributed by atoms with Crippen molar-refractivity contribution >= 4 is 21.6 Å². The second-order valence-electron chi connectivity index (χ2n) is 14.0. The lowest BCUT2D eigenvalue weighted by atomic mass is 9.99. The van der Waals surface area contributed by atoms with E-state index in [9.17, 15) is 28.5 Å². The van der Waals surface area contributed by atoms with Gasteiger partial charge in [0.15, 0.2) is 6.29 Å². The molecule has 0 saturated carbocycles. The number of likely N-dealkylation sites (N-methyl/N-ethyl adjacent to an activating group) is 1. The number of phenolic OH excluding ortho intramolecular Hbond substituents is 1. The van der Waals surface area contributed by atoms with Crippen LogP contribution < -0.4 is 10.0 Å². The van der Waals surface area contributed by atoms with E-state index in [4.69, 9.17) is 9.47 Å². The zero-order valence-electron chi connectivity index (χ0n) is 30.8. The molecule has 1 aliphatic rings. The molecular formula is C43H47N3O8S. The molecule has 0 spiro atoms. The third-order valence-corrected chi connectivity index (χ3v) is 11.0. The molecule has 11 nitrogen and oxygen atoms in total. The molecule has 1 amide bonds. The summed E-state index contributed by atoms with van der Waals surface area (Å²) in [6, 6.07) is 35.7. The summed E-state index contributed by atoms with van der Waals surface area (Å²) in [5.74, 6) is -0.452. The summed E-state index contributed by atoms with van der Waals surface area (Å²) in [7, 11) is -2.14. The van der Waals surface area contributed by atoms with Crippen LogP contribution in [0.2, 0.25) is 0 Å². The molecule has 1 heterocycles. The van der Waals surface area contributed by atoms with Gasteiger partial charge in [-0.1, -0.05) is 96.6 Å². The molecule has 1 saturated heterocycles. The molecule has 1 aliphatic heterocycles. The number of rotatable bonds is 15. The first-order valence-electron chi connectivity index (χ1n) is 18.2. The Morgan fingerprint density at radius 3 is 2.29 bits per heavy atom. The molecule has 0 aromatic heterocycles. The number of sulfonamides is 1. The van der Waals surface area contributed by atoms with Gasteiger partial charge in [-0.15, -0.1) is 0 Å². The fourth-order valence-corrected chi connectivity index (χ4v) is 7.79. The quantitative estimate of drug-likeness (QED) is 0.0872. The Morgan fingerprint density at radius 1 is 0.855 bits per heavy atom. The molecule has 0 unspecified atom stereocenters. The summed E-state index contributed by atoms with van der Waals surface area (Å²) in [5, 5.41) is 33.3. The number of aryl methyl sites for hydroxylation is 1. The Morgan fingerprint density at radius 2 is 1.58 bits per heavy atom. The van der Waals surface area contributed by atoms with Crippen molar-refractivity contribution in [3.05, 3.63) is 161 Å². The summed E-state index contributed by atoms with van der Waals surface area (Å²) in [6.07, 6.45) is -1.72. The van der Waals surface area contributed by atoms with Crippen LogP contribution in [0.3, 0.4) is 0 Å². The summed E-state index contributed by atoms with van der Waals surface area (Å²) in [4.78, 5) is 15.9. The van der Waals surface area contributed by atoms with Crippen LogP contribution in [0.5, 0.6) is 5.75 Å². The van der Waals surface area contributed by atoms with Crippen LogP contribution in [-0.2, 0) is 37.3 Å². The van der Waals surface area contributed by atoms with Crippen LogP contribution in [0.25, 0.3) is 0 Å². The predicted octanol–water partition coefficient (Wildman–Crippen LogP) is 5.93. The molecule has 6 rings (SSSR count). The number of benzene rings is 5. The number of ether oxygens (including phenoxy) is 2. The lowest BCUT2D eigenvalue weighted by molar-refractivity contribution is -0.252. The summed E-state index contributed by atoms with van der Waals surface area (Å²) < 4.78 is 42.5. The van der Waals surface area contributed by atoms with Crippen LogP contribution in [0.4, 0.5) is 5.69 Å². The van der Waals surface area contributed by atoms with E-state index in [1.54, 1.807) is 54.6 Å². The van der Waals surface area contributed by atoms with E-state index in [0.717, 1.165) is 22.3 Å². The molecular weight excluding hydrogens is 719 g/mol. The fourth-order valence-electron chi connectivity index (χ4n) is 6.59. The van der Waals surface area contributed by atoms with E-state index in [2.05, 4.69) is 10.0 Å². The van der Waals surface area contributed by atoms with E-state index < -0.39 is 34.4 Å². The third-order valence-electron chi connectivity index (χ3n) is 9.52. The number of hydrogen-bond donors (Lipinski definition) is 5. The van der Waals surface area contributed by atoms with Gasteiger partial charge in [0, 0.05) is 30.8 Å². The van der Waals surface area contributed by atoms with E-state index in [-0.39, 0.29) is 35.9 Å². The highest BCUT2D eigenvalue weighted by atomic mass is 32.2. The van der Waals surface area contributed by atoms with Crippen molar-refractivity contribution in [3.8, 4) is 5.75 Å². The number of aliphatic hydroxyl groups excluding tert-OH is 2. The minimum atomic E-state index is -4.03. The van der Waals surface area contributed by atoms with Crippen LogP contribution in [0.15, 0.2) is 132 Å². The molecule has 1 fully saturated rings. The molecule has 12 heteroatoms. The van der Waals surface area contributed by atoms with Gasteiger partial charge in [-0.05, 0) is 79.0 Å². The minimum Gasteiger partial charge on any atom is -0.508 e. The van der Waals surface area contributed by atoms with Gasteiger partial charge in [-0.3, -0.25) is 4.79 Å². The maximum absolute atomic E-state index is 13.9. The van der Waals surface area contributed by atoms with Crippen LogP contribution in [-0.4, -0.2) is 66.8 Å². The molecule has 5 aromatic carbocycles. The largest absolute Gasteiger partial charge is 0.508 e. The molecule has 0 aliphatic carbocycles. The Labute approximate surface area is 322 Å². The van der Waals surface area contributed by atoms with Gasteiger partial charge < -0.3 is 35.0 Å². The summed E-state index contributed by atoms with van der Waals surface area (Å²) in [5.41, 5.74) is 5.06. The van der Waals surface area contributed by atoms with Crippen molar-refractivity contribution in [2.24, 2.45) is 0 Å². The highest BCUT2D eigenvalue weighted by Gasteiger charge is 2.34. The smallest absolute Gasteiger partial charge is 0.242 e. The Hall–Kier alpha value is -4.92. The standard InChI is InChI=1S/C43H47N3O8S/c1-29-14-20-38(21-15-29)55(51,52)45-39(22-30-8-4-3-5-9-30)42(50)44-35-12-6-11-34(23-35)43-53-37(25-41(54-43)32-18-16-31(28-47)17-19-32)26-46(2)27-40(49)33-10-7-13-36(48)24-33/h3-21,23-24,37,39-41,43,45,47-49H,22,25-28H2,1-2H3,(H,44,50)/t37-,39+,40+,41+,43+/m0/s1. The number of nitrogens with one attached hydrogen (secondary N) is 2. The summed E-state index contributed by atoms with van der Waals surface area (Å²) in [6.45, 7) is 2.54. The van der Waals surface area contributed by atoms with Crippen molar-refractivity contribution in [1.82, 2.24) is 9.62 Å². The second-order valence-corrected chi connectivity index (χ2v) is 15.7. The monoisotopic (exact) mass is 765 g/mol. The molecule has 288 valence electrons. The normalized spacial score (nSPS) is 18.5. The second kappa shape index (κ2) is 18.1. The van der Waals surface area contributed by atoms with Gasteiger partial charge in [-0.25, -0.2) is 8.42 Å². The van der Waals surface area contributed by atoms with Crippen molar-refractivity contribution in [3.63, 3.8) is 0 Å². The van der Waals surface area contributed by atoms with Crippen molar-refractivity contribution in [2.45, 2.75) is 61.9 Å². The highest BCUT2D eigenvalue weighted by Crippen LogP contribution is 2.39. The average molecular weight is 766 g/mol. The van der Waals surface area contributed by atoms with Crippen molar-refractivity contribution in [2.75, 3.05) is 25.5 Å². The van der Waals surface area contributed by atoms with Gasteiger partial charge in [0.2, 0.25) is 15.9 Å². The fraction of sp³-hybridized carbons (Fsp3) is 0.279. The predicted molar refractivity (Wildman–Crippen MR) is 209 cm³/mol. The highest BCUT2D eigenvalue weighted by molar-refractivity contribution is 7.89. The maximum Gasteiger partial charge on any atom is 0.242 e. The lowest BCUT2D eigenvalue weighted by Crippen LogP contribution is -2.45. The Balaban J connectivity index is 1.21. The molecule has 0 radical (unpaired) electrons. The number of hydrogen-bond acceptors (Lipinski definition) is 9. The first kappa shape index (κ1) is 39.8. The number of phenols is 1. The Kier molecular flexibility index (Phi) is 13.1. The van der Waals surface area contributed by atoms with E-state index in [0.29, 0.717) is 36.3 Å². The number of aliphatic hydroxyl groups is 2. The molecule has 5 N–H and O–H groups in total. The van der Waals surface area contributed by atoms with Crippen molar-refractivity contribution < 1.29 is 38.0 Å². The zero-order chi connectivity index (χ0) is 39.0. The number of amides is 1. The van der Waals surface area contributed by atoms with Crippen molar-refractivity contribution in [1.29, 1.82) is 0 Å². The summed E-state index contributed by atoms with van der Waals surface area (Å²) >= 11 is 0. The first-order valence-corrected chi connectivity index (χ1v) is 19.6. The number of anilines is 1. The first-order chi connectivity index (χ1) is 26.4. The number of carbonyl (C=O) groups excluding carboxylic acids is 1. The van der Waals surface area contributed by atoms with Gasteiger partial charge in [0.05, 0.1) is 29.8 Å². The number of nitrogens with zero attached hydrogens (tertiary/aromatic N) is 1. The van der Waals surface area contributed by atoms with E-state index in [1.807, 2.05) is 79.5 Å². The average Bonchev–Trinajstić information content (AvgIpc) is 3.18.